The van der Waals surface area contributed by atoms with Crippen molar-refractivity contribution in [1.82, 2.24) is 0 Å². The number of hydrogen-bond acceptors (Lipinski definition) is 6. The zero-order valence-electron chi connectivity index (χ0n) is 17.4. The second kappa shape index (κ2) is 9.47. The van der Waals surface area contributed by atoms with Crippen LogP contribution in [0, 0.1) is 22.7 Å². The fraction of sp³-hybridized carbons (Fsp3) is 0.160. The maximum atomic E-state index is 12.6. The third-order valence-electron chi connectivity index (χ3n) is 5.02. The molecule has 0 bridgehead atoms. The van der Waals surface area contributed by atoms with Crippen LogP contribution in [0.15, 0.2) is 69.4 Å². The van der Waals surface area contributed by atoms with Gasteiger partial charge in [0, 0.05) is 41.5 Å². The first-order valence-electron chi connectivity index (χ1n) is 9.92. The van der Waals surface area contributed by atoms with Crippen LogP contribution in [0.1, 0.15) is 25.0 Å². The molecule has 6 nitrogen and oxygen atoms in total. The van der Waals surface area contributed by atoms with Crippen LogP contribution >= 0.6 is 0 Å². The lowest BCUT2D eigenvalue weighted by molar-refractivity contribution is 0.559. The molecule has 2 N–H and O–H groups in total. The van der Waals surface area contributed by atoms with E-state index in [0.29, 0.717) is 28.0 Å². The highest BCUT2D eigenvalue weighted by atomic mass is 16.4. The fourth-order valence-electron chi connectivity index (χ4n) is 3.32. The van der Waals surface area contributed by atoms with Gasteiger partial charge in [0.15, 0.2) is 0 Å². The first kappa shape index (κ1) is 21.4. The van der Waals surface area contributed by atoms with E-state index in [-0.39, 0.29) is 5.57 Å². The SMILES string of the molecule is CCN(CC)c1ccc2cc(/C=C/C(=C(C#N)C#N)c3ccc(N)cc3)c(=O)oc2c1. The second-order valence-corrected chi connectivity index (χ2v) is 6.85. The van der Waals surface area contributed by atoms with Crippen molar-refractivity contribution >= 4 is 34.0 Å². The highest BCUT2D eigenvalue weighted by molar-refractivity contribution is 5.87. The van der Waals surface area contributed by atoms with E-state index in [4.69, 9.17) is 10.2 Å². The van der Waals surface area contributed by atoms with Gasteiger partial charge in [-0.1, -0.05) is 18.2 Å². The van der Waals surface area contributed by atoms with E-state index in [2.05, 4.69) is 18.7 Å². The summed E-state index contributed by atoms with van der Waals surface area (Å²) in [5.74, 6) is 0. The summed E-state index contributed by atoms with van der Waals surface area (Å²) < 4.78 is 5.54. The van der Waals surface area contributed by atoms with Crippen LogP contribution in [0.2, 0.25) is 0 Å². The van der Waals surface area contributed by atoms with Gasteiger partial charge in [-0.2, -0.15) is 10.5 Å². The van der Waals surface area contributed by atoms with Crippen LogP contribution in [0.3, 0.4) is 0 Å². The minimum absolute atomic E-state index is 0.0601. The van der Waals surface area contributed by atoms with Crippen molar-refractivity contribution < 1.29 is 4.42 Å². The number of nitrogens with two attached hydrogens (primary N) is 1. The number of rotatable bonds is 6. The first-order valence-corrected chi connectivity index (χ1v) is 9.92. The van der Waals surface area contributed by atoms with Crippen LogP contribution in [-0.2, 0) is 0 Å². The number of benzene rings is 2. The largest absolute Gasteiger partial charge is 0.422 e. The van der Waals surface area contributed by atoms with Crippen molar-refractivity contribution in [3.05, 3.63) is 81.7 Å². The molecule has 0 radical (unpaired) electrons. The quantitative estimate of drug-likeness (QED) is 0.272. The summed E-state index contributed by atoms with van der Waals surface area (Å²) in [6.45, 7) is 5.85. The number of allylic oxidation sites excluding steroid dienone is 3. The summed E-state index contributed by atoms with van der Waals surface area (Å²) in [6.07, 6.45) is 3.14. The van der Waals surface area contributed by atoms with E-state index >= 15 is 0 Å². The van der Waals surface area contributed by atoms with Gasteiger partial charge in [0.1, 0.15) is 23.3 Å². The van der Waals surface area contributed by atoms with Crippen molar-refractivity contribution in [2.75, 3.05) is 23.7 Å². The highest BCUT2D eigenvalue weighted by Gasteiger charge is 2.09. The molecule has 31 heavy (non-hydrogen) atoms. The molecule has 3 aromatic rings. The van der Waals surface area contributed by atoms with Gasteiger partial charge in [-0.15, -0.1) is 0 Å². The Morgan fingerprint density at radius 3 is 2.35 bits per heavy atom. The van der Waals surface area contributed by atoms with Gasteiger partial charge in [0.05, 0.1) is 5.56 Å². The summed E-state index contributed by atoms with van der Waals surface area (Å²) in [4.78, 5) is 14.7. The zero-order valence-corrected chi connectivity index (χ0v) is 17.4. The van der Waals surface area contributed by atoms with Crippen LogP contribution in [0.5, 0.6) is 0 Å². The Morgan fingerprint density at radius 2 is 1.74 bits per heavy atom. The van der Waals surface area contributed by atoms with Crippen LogP contribution in [0.25, 0.3) is 22.6 Å². The molecule has 0 aliphatic heterocycles. The Kier molecular flexibility index (Phi) is 6.54. The van der Waals surface area contributed by atoms with Crippen molar-refractivity contribution in [1.29, 1.82) is 10.5 Å². The van der Waals surface area contributed by atoms with Gasteiger partial charge in [-0.05, 0) is 55.8 Å². The molecule has 0 spiro atoms. The average molecular weight is 410 g/mol. The minimum atomic E-state index is -0.493. The summed E-state index contributed by atoms with van der Waals surface area (Å²) in [5, 5.41) is 19.5. The molecule has 0 amide bonds. The smallest absolute Gasteiger partial charge is 0.343 e. The molecule has 154 valence electrons. The van der Waals surface area contributed by atoms with Crippen molar-refractivity contribution in [3.8, 4) is 12.1 Å². The summed E-state index contributed by atoms with van der Waals surface area (Å²) in [6, 6.07) is 18.1. The molecular formula is C25H22N4O2. The average Bonchev–Trinajstić information content (AvgIpc) is 2.78. The van der Waals surface area contributed by atoms with Crippen LogP contribution in [-0.4, -0.2) is 13.1 Å². The fourth-order valence-corrected chi connectivity index (χ4v) is 3.32. The number of fused-ring (bicyclic) bond motifs is 1. The maximum absolute atomic E-state index is 12.6. The van der Waals surface area contributed by atoms with Crippen molar-refractivity contribution in [2.24, 2.45) is 0 Å². The lowest BCUT2D eigenvalue weighted by atomic mass is 9.99. The molecular weight excluding hydrogens is 388 g/mol. The zero-order chi connectivity index (χ0) is 22.4. The number of nitrogen functional groups attached to an aromatic ring is 1. The predicted molar refractivity (Wildman–Crippen MR) is 124 cm³/mol. The van der Waals surface area contributed by atoms with Crippen molar-refractivity contribution in [3.63, 3.8) is 0 Å². The Hall–Kier alpha value is -4.29. The molecule has 0 saturated carbocycles. The molecule has 1 aromatic heterocycles. The highest BCUT2D eigenvalue weighted by Crippen LogP contribution is 2.24. The van der Waals surface area contributed by atoms with Gasteiger partial charge < -0.3 is 15.1 Å². The van der Waals surface area contributed by atoms with E-state index in [1.54, 1.807) is 42.5 Å². The Balaban J connectivity index is 2.05. The lowest BCUT2D eigenvalue weighted by Gasteiger charge is -2.20. The topological polar surface area (TPSA) is 107 Å². The molecule has 3 rings (SSSR count). The van der Waals surface area contributed by atoms with Gasteiger partial charge >= 0.3 is 5.63 Å². The van der Waals surface area contributed by atoms with Gasteiger partial charge in [-0.3, -0.25) is 0 Å². The van der Waals surface area contributed by atoms with Crippen LogP contribution < -0.4 is 16.3 Å². The molecule has 2 aromatic carbocycles. The molecule has 6 heteroatoms. The summed E-state index contributed by atoms with van der Waals surface area (Å²) in [7, 11) is 0. The third kappa shape index (κ3) is 4.66. The minimum Gasteiger partial charge on any atom is -0.422 e. The molecule has 0 atom stereocenters. The van der Waals surface area contributed by atoms with E-state index < -0.39 is 5.63 Å². The molecule has 0 saturated heterocycles. The van der Waals surface area contributed by atoms with E-state index in [1.807, 2.05) is 30.3 Å². The third-order valence-corrected chi connectivity index (χ3v) is 5.02. The van der Waals surface area contributed by atoms with E-state index in [1.165, 1.54) is 0 Å². The number of nitrogens with zero attached hydrogens (tertiary/aromatic N) is 3. The predicted octanol–water partition coefficient (Wildman–Crippen LogP) is 4.74. The van der Waals surface area contributed by atoms with E-state index in [9.17, 15) is 15.3 Å². The summed E-state index contributed by atoms with van der Waals surface area (Å²) in [5.41, 5.74) is 8.63. The standard InChI is InChI=1S/C25H22N4O2/c1-3-29(4-2)22-11-7-18-13-19(25(30)31-24(18)14-22)8-12-23(20(15-26)16-27)17-5-9-21(28)10-6-17/h5-14H,3-4,28H2,1-2H3/b12-8+. The Morgan fingerprint density at radius 1 is 1.06 bits per heavy atom. The van der Waals surface area contributed by atoms with Gasteiger partial charge in [0.25, 0.3) is 0 Å². The molecule has 1 heterocycles. The number of nitriles is 2. The molecule has 0 fully saturated rings. The monoisotopic (exact) mass is 410 g/mol. The van der Waals surface area contributed by atoms with Crippen LogP contribution in [0.4, 0.5) is 11.4 Å². The second-order valence-electron chi connectivity index (χ2n) is 6.85. The number of hydrogen-bond donors (Lipinski definition) is 1. The molecule has 0 aliphatic rings. The Bertz CT molecular complexity index is 1280. The summed E-state index contributed by atoms with van der Waals surface area (Å²) >= 11 is 0. The van der Waals surface area contributed by atoms with E-state index in [0.717, 1.165) is 24.2 Å². The molecule has 0 unspecified atom stereocenters. The maximum Gasteiger partial charge on any atom is 0.343 e. The normalized spacial score (nSPS) is 10.6. The van der Waals surface area contributed by atoms with Crippen molar-refractivity contribution in [2.45, 2.75) is 13.8 Å². The van der Waals surface area contributed by atoms with Gasteiger partial charge in [0.2, 0.25) is 0 Å². The molecule has 0 aliphatic carbocycles. The number of anilines is 2. The Labute approximate surface area is 180 Å². The lowest BCUT2D eigenvalue weighted by Crippen LogP contribution is -2.21. The first-order chi connectivity index (χ1) is 15.0. The van der Waals surface area contributed by atoms with Gasteiger partial charge in [-0.25, -0.2) is 4.79 Å².